The van der Waals surface area contributed by atoms with Gasteiger partial charge in [0.1, 0.15) is 5.69 Å². The second-order valence-electron chi connectivity index (χ2n) is 5.27. The summed E-state index contributed by atoms with van der Waals surface area (Å²) in [5, 5.41) is 1.03. The average molecular weight is 276 g/mol. The second-order valence-corrected chi connectivity index (χ2v) is 5.27. The summed E-state index contributed by atoms with van der Waals surface area (Å²) < 4.78 is 0. The molecule has 0 aliphatic rings. The van der Waals surface area contributed by atoms with Gasteiger partial charge in [-0.3, -0.25) is 14.8 Å². The molecule has 3 aromatic rings. The van der Waals surface area contributed by atoms with Crippen molar-refractivity contribution in [3.05, 3.63) is 71.2 Å². The first-order valence-corrected chi connectivity index (χ1v) is 6.94. The first kappa shape index (κ1) is 13.4. The molecular weight excluding hydrogens is 260 g/mol. The van der Waals surface area contributed by atoms with Gasteiger partial charge in [0.2, 0.25) is 0 Å². The average Bonchev–Trinajstić information content (AvgIpc) is 2.47. The number of pyridine rings is 2. The molecule has 0 bridgehead atoms. The minimum Gasteiger partial charge on any atom is -0.292 e. The number of para-hydroxylation sites is 1. The molecule has 0 N–H and O–H groups in total. The van der Waals surface area contributed by atoms with E-state index in [9.17, 15) is 4.79 Å². The van der Waals surface area contributed by atoms with Crippen LogP contribution in [0.3, 0.4) is 0 Å². The Morgan fingerprint density at radius 2 is 1.90 bits per heavy atom. The number of Topliss-reactive ketones (excluding diaryl/α,β-unsaturated/α-hetero) is 1. The molecular formula is C18H16N2O. The van der Waals surface area contributed by atoms with Crippen LogP contribution in [0.4, 0.5) is 0 Å². The van der Waals surface area contributed by atoms with Crippen LogP contribution in [0.15, 0.2) is 48.8 Å². The molecule has 3 rings (SSSR count). The van der Waals surface area contributed by atoms with Gasteiger partial charge in [0.05, 0.1) is 5.52 Å². The van der Waals surface area contributed by atoms with E-state index in [0.29, 0.717) is 12.1 Å². The molecule has 0 spiro atoms. The minimum atomic E-state index is 0.0452. The van der Waals surface area contributed by atoms with Crippen LogP contribution in [-0.4, -0.2) is 15.8 Å². The fraction of sp³-hybridized carbons (Fsp3) is 0.167. The number of carbonyl (C=O) groups is 1. The second kappa shape index (κ2) is 5.44. The molecule has 0 radical (unpaired) electrons. The van der Waals surface area contributed by atoms with E-state index < -0.39 is 0 Å². The van der Waals surface area contributed by atoms with Crippen molar-refractivity contribution in [2.24, 2.45) is 0 Å². The number of hydrogen-bond donors (Lipinski definition) is 0. The van der Waals surface area contributed by atoms with Crippen molar-refractivity contribution >= 4 is 16.7 Å². The van der Waals surface area contributed by atoms with Gasteiger partial charge in [-0.15, -0.1) is 0 Å². The largest absolute Gasteiger partial charge is 0.292 e. The van der Waals surface area contributed by atoms with Crippen LogP contribution < -0.4 is 0 Å². The van der Waals surface area contributed by atoms with E-state index in [0.717, 1.165) is 27.6 Å². The lowest BCUT2D eigenvalue weighted by molar-refractivity contribution is 0.0988. The molecule has 1 aromatic carbocycles. The summed E-state index contributed by atoms with van der Waals surface area (Å²) in [6.07, 6.45) is 3.84. The summed E-state index contributed by atoms with van der Waals surface area (Å²) in [5.41, 5.74) is 4.46. The Morgan fingerprint density at radius 1 is 1.10 bits per heavy atom. The van der Waals surface area contributed by atoms with Crippen LogP contribution in [0.25, 0.3) is 10.9 Å². The summed E-state index contributed by atoms with van der Waals surface area (Å²) in [7, 11) is 0. The summed E-state index contributed by atoms with van der Waals surface area (Å²) in [4.78, 5) is 21.1. The van der Waals surface area contributed by atoms with Gasteiger partial charge < -0.3 is 0 Å². The van der Waals surface area contributed by atoms with Crippen molar-refractivity contribution in [1.82, 2.24) is 9.97 Å². The number of ketones is 1. The van der Waals surface area contributed by atoms with Gasteiger partial charge in [0, 0.05) is 24.2 Å². The molecule has 104 valence electrons. The lowest BCUT2D eigenvalue weighted by Crippen LogP contribution is -2.09. The predicted octanol–water partition coefficient (Wildman–Crippen LogP) is 3.67. The Balaban J connectivity index is 1.97. The van der Waals surface area contributed by atoms with Crippen LogP contribution in [0.5, 0.6) is 0 Å². The SMILES string of the molecule is Cc1cnc(C(=O)Cc2ccnc3ccccc23)c(C)c1. The quantitative estimate of drug-likeness (QED) is 0.685. The van der Waals surface area contributed by atoms with Gasteiger partial charge in [-0.25, -0.2) is 0 Å². The Labute approximate surface area is 123 Å². The number of carbonyl (C=O) groups excluding carboxylic acids is 1. The van der Waals surface area contributed by atoms with Crippen molar-refractivity contribution < 1.29 is 4.79 Å². The molecule has 3 heteroatoms. The molecule has 2 heterocycles. The molecule has 0 fully saturated rings. The Kier molecular flexibility index (Phi) is 3.48. The number of hydrogen-bond acceptors (Lipinski definition) is 3. The van der Waals surface area contributed by atoms with Crippen molar-refractivity contribution in [2.75, 3.05) is 0 Å². The molecule has 0 unspecified atom stereocenters. The summed E-state index contributed by atoms with van der Waals surface area (Å²) in [6.45, 7) is 3.91. The number of aryl methyl sites for hydroxylation is 2. The molecule has 21 heavy (non-hydrogen) atoms. The van der Waals surface area contributed by atoms with E-state index in [4.69, 9.17) is 0 Å². The number of rotatable bonds is 3. The van der Waals surface area contributed by atoms with E-state index in [1.54, 1.807) is 12.4 Å². The number of benzene rings is 1. The third-order valence-electron chi connectivity index (χ3n) is 3.57. The normalized spacial score (nSPS) is 10.8. The van der Waals surface area contributed by atoms with Gasteiger partial charge in [-0.1, -0.05) is 24.3 Å². The highest BCUT2D eigenvalue weighted by molar-refractivity contribution is 5.99. The molecule has 0 amide bonds. The Bertz CT molecular complexity index is 819. The zero-order valence-electron chi connectivity index (χ0n) is 12.1. The molecule has 0 atom stereocenters. The monoisotopic (exact) mass is 276 g/mol. The first-order chi connectivity index (χ1) is 10.1. The summed E-state index contributed by atoms with van der Waals surface area (Å²) in [5.74, 6) is 0.0452. The Hall–Kier alpha value is -2.55. The summed E-state index contributed by atoms with van der Waals surface area (Å²) in [6, 6.07) is 11.8. The smallest absolute Gasteiger partial charge is 0.185 e. The van der Waals surface area contributed by atoms with Crippen LogP contribution >= 0.6 is 0 Å². The zero-order valence-corrected chi connectivity index (χ0v) is 12.1. The van der Waals surface area contributed by atoms with Gasteiger partial charge in [0.25, 0.3) is 0 Å². The molecule has 0 aliphatic heterocycles. The minimum absolute atomic E-state index is 0.0452. The van der Waals surface area contributed by atoms with Crippen LogP contribution in [0.1, 0.15) is 27.2 Å². The lowest BCUT2D eigenvalue weighted by atomic mass is 10.0. The maximum Gasteiger partial charge on any atom is 0.185 e. The van der Waals surface area contributed by atoms with Crippen molar-refractivity contribution in [1.29, 1.82) is 0 Å². The first-order valence-electron chi connectivity index (χ1n) is 6.94. The van der Waals surface area contributed by atoms with Gasteiger partial charge in [0.15, 0.2) is 5.78 Å². The highest BCUT2D eigenvalue weighted by Crippen LogP contribution is 2.18. The highest BCUT2D eigenvalue weighted by atomic mass is 16.1. The maximum absolute atomic E-state index is 12.5. The zero-order chi connectivity index (χ0) is 14.8. The molecule has 0 saturated heterocycles. The van der Waals surface area contributed by atoms with Crippen molar-refractivity contribution in [3.63, 3.8) is 0 Å². The fourth-order valence-electron chi connectivity index (χ4n) is 2.57. The van der Waals surface area contributed by atoms with Gasteiger partial charge in [-0.05, 0) is 42.7 Å². The maximum atomic E-state index is 12.5. The fourth-order valence-corrected chi connectivity index (χ4v) is 2.57. The van der Waals surface area contributed by atoms with Crippen molar-refractivity contribution in [2.45, 2.75) is 20.3 Å². The van der Waals surface area contributed by atoms with E-state index in [2.05, 4.69) is 9.97 Å². The predicted molar refractivity (Wildman–Crippen MR) is 83.5 cm³/mol. The summed E-state index contributed by atoms with van der Waals surface area (Å²) >= 11 is 0. The number of aromatic nitrogens is 2. The van der Waals surface area contributed by atoms with Gasteiger partial charge >= 0.3 is 0 Å². The molecule has 2 aromatic heterocycles. The topological polar surface area (TPSA) is 42.9 Å². The van der Waals surface area contributed by atoms with Crippen LogP contribution in [0.2, 0.25) is 0 Å². The number of nitrogens with zero attached hydrogens (tertiary/aromatic N) is 2. The molecule has 0 saturated carbocycles. The Morgan fingerprint density at radius 3 is 2.71 bits per heavy atom. The molecule has 3 nitrogen and oxygen atoms in total. The van der Waals surface area contributed by atoms with E-state index in [-0.39, 0.29) is 5.78 Å². The third kappa shape index (κ3) is 2.68. The highest BCUT2D eigenvalue weighted by Gasteiger charge is 2.13. The number of fused-ring (bicyclic) bond motifs is 1. The standard InChI is InChI=1S/C18H16N2O/c1-12-9-13(2)18(20-11-12)17(21)10-14-7-8-19-16-6-4-3-5-15(14)16/h3-9,11H,10H2,1-2H3. The third-order valence-corrected chi connectivity index (χ3v) is 3.57. The van der Waals surface area contributed by atoms with E-state index >= 15 is 0 Å². The van der Waals surface area contributed by atoms with E-state index in [1.165, 1.54) is 0 Å². The van der Waals surface area contributed by atoms with E-state index in [1.807, 2.05) is 50.2 Å². The van der Waals surface area contributed by atoms with Crippen molar-refractivity contribution in [3.8, 4) is 0 Å². The van der Waals surface area contributed by atoms with Gasteiger partial charge in [-0.2, -0.15) is 0 Å². The lowest BCUT2D eigenvalue weighted by Gasteiger charge is -2.07. The van der Waals surface area contributed by atoms with Crippen LogP contribution in [0, 0.1) is 13.8 Å². The molecule has 0 aliphatic carbocycles. The van der Waals surface area contributed by atoms with Crippen LogP contribution in [-0.2, 0) is 6.42 Å².